The molecule has 4 N–H and O–H groups in total. The predicted octanol–water partition coefficient (Wildman–Crippen LogP) is 2.52. The zero-order valence-corrected chi connectivity index (χ0v) is 19.7. The van der Waals surface area contributed by atoms with E-state index in [1.54, 1.807) is 7.05 Å². The number of carboxylic acid groups (broad SMARTS) is 1. The first-order valence-corrected chi connectivity index (χ1v) is 10.6. The van der Waals surface area contributed by atoms with E-state index >= 15 is 0 Å². The number of aliphatic carboxylic acids is 1. The topological polar surface area (TPSA) is 108 Å². The summed E-state index contributed by atoms with van der Waals surface area (Å²) >= 11 is 0. The predicted molar refractivity (Wildman–Crippen MR) is 123 cm³/mol. The molecule has 0 aliphatic rings. The molecule has 1 aromatic carbocycles. The van der Waals surface area contributed by atoms with E-state index in [0.29, 0.717) is 6.42 Å². The van der Waals surface area contributed by atoms with Gasteiger partial charge in [-0.25, -0.2) is 4.79 Å². The van der Waals surface area contributed by atoms with Gasteiger partial charge in [-0.3, -0.25) is 9.59 Å². The van der Waals surface area contributed by atoms with E-state index < -0.39 is 29.5 Å². The van der Waals surface area contributed by atoms with Gasteiger partial charge in [0, 0.05) is 5.57 Å². The summed E-state index contributed by atoms with van der Waals surface area (Å²) in [5.41, 5.74) is 0.633. The van der Waals surface area contributed by atoms with E-state index in [4.69, 9.17) is 5.11 Å². The zero-order valence-electron chi connectivity index (χ0n) is 19.7. The van der Waals surface area contributed by atoms with Crippen molar-refractivity contribution in [2.75, 3.05) is 7.05 Å². The first kappa shape index (κ1) is 26.4. The van der Waals surface area contributed by atoms with Crippen LogP contribution in [0.25, 0.3) is 0 Å². The molecule has 3 atom stereocenters. The van der Waals surface area contributed by atoms with Crippen LogP contribution in [0.2, 0.25) is 0 Å². The van der Waals surface area contributed by atoms with Crippen molar-refractivity contribution in [3.05, 3.63) is 47.5 Å². The lowest BCUT2D eigenvalue weighted by atomic mass is 9.85. The molecule has 0 spiro atoms. The number of carbonyl (C=O) groups is 3. The highest BCUT2D eigenvalue weighted by Gasteiger charge is 2.35. The van der Waals surface area contributed by atoms with Crippen molar-refractivity contribution in [2.45, 2.75) is 66.1 Å². The van der Waals surface area contributed by atoms with Gasteiger partial charge in [0.25, 0.3) is 0 Å². The average Bonchev–Trinajstić information content (AvgIpc) is 2.68. The average molecular weight is 432 g/mol. The molecule has 0 fully saturated rings. The van der Waals surface area contributed by atoms with Gasteiger partial charge in [0.1, 0.15) is 6.04 Å². The smallest absolute Gasteiger partial charge is 0.331 e. The van der Waals surface area contributed by atoms with Crippen LogP contribution in [0.15, 0.2) is 42.0 Å². The molecule has 0 aliphatic carbocycles. The number of carboxylic acids is 1. The van der Waals surface area contributed by atoms with Crippen molar-refractivity contribution in [1.29, 1.82) is 0 Å². The summed E-state index contributed by atoms with van der Waals surface area (Å²) in [7, 11) is 1.72. The molecular weight excluding hydrogens is 394 g/mol. The van der Waals surface area contributed by atoms with Crippen LogP contribution in [-0.2, 0) is 20.8 Å². The third-order valence-electron chi connectivity index (χ3n) is 5.16. The summed E-state index contributed by atoms with van der Waals surface area (Å²) in [6.07, 6.45) is 2.04. The van der Waals surface area contributed by atoms with Crippen molar-refractivity contribution in [1.82, 2.24) is 16.0 Å². The van der Waals surface area contributed by atoms with Gasteiger partial charge in [-0.2, -0.15) is 0 Å². The molecule has 172 valence electrons. The third-order valence-corrected chi connectivity index (χ3v) is 5.16. The fourth-order valence-corrected chi connectivity index (χ4v) is 3.08. The Bertz CT molecular complexity index is 782. The van der Waals surface area contributed by atoms with Crippen LogP contribution in [0.5, 0.6) is 0 Å². The van der Waals surface area contributed by atoms with Gasteiger partial charge in [-0.1, -0.05) is 71.0 Å². The molecule has 2 amide bonds. The molecule has 0 unspecified atom stereocenters. The third kappa shape index (κ3) is 8.53. The number of hydrogen-bond donors (Lipinski definition) is 4. The molecule has 0 heterocycles. The molecule has 0 aromatic heterocycles. The molecule has 0 radical (unpaired) electrons. The Balaban J connectivity index is 3.01. The molecule has 0 saturated heterocycles. The summed E-state index contributed by atoms with van der Waals surface area (Å²) in [5, 5.41) is 18.0. The summed E-state index contributed by atoms with van der Waals surface area (Å²) < 4.78 is 0. The largest absolute Gasteiger partial charge is 0.478 e. The molecule has 7 nitrogen and oxygen atoms in total. The van der Waals surface area contributed by atoms with Gasteiger partial charge in [0.2, 0.25) is 11.8 Å². The van der Waals surface area contributed by atoms with E-state index in [9.17, 15) is 14.4 Å². The molecule has 31 heavy (non-hydrogen) atoms. The minimum Gasteiger partial charge on any atom is -0.478 e. The maximum atomic E-state index is 13.1. The molecule has 0 saturated carbocycles. The number of amides is 2. The Labute approximate surface area is 185 Å². The van der Waals surface area contributed by atoms with Crippen LogP contribution in [0, 0.1) is 11.3 Å². The van der Waals surface area contributed by atoms with Crippen LogP contribution < -0.4 is 16.0 Å². The quantitative estimate of drug-likeness (QED) is 0.426. The number of carbonyl (C=O) groups excluding carboxylic acids is 2. The first-order chi connectivity index (χ1) is 14.4. The van der Waals surface area contributed by atoms with Crippen molar-refractivity contribution in [2.24, 2.45) is 11.3 Å². The van der Waals surface area contributed by atoms with E-state index in [1.165, 1.54) is 13.0 Å². The molecule has 1 rings (SSSR count). The van der Waals surface area contributed by atoms with Crippen LogP contribution >= 0.6 is 0 Å². The van der Waals surface area contributed by atoms with Crippen molar-refractivity contribution >= 4 is 17.8 Å². The van der Waals surface area contributed by atoms with Crippen molar-refractivity contribution in [3.63, 3.8) is 0 Å². The summed E-state index contributed by atoms with van der Waals surface area (Å²) in [5.74, 6) is -1.65. The number of nitrogens with one attached hydrogen (secondary N) is 3. The lowest BCUT2D eigenvalue weighted by Gasteiger charge is -2.33. The Morgan fingerprint density at radius 1 is 1.03 bits per heavy atom. The lowest BCUT2D eigenvalue weighted by molar-refractivity contribution is -0.133. The Morgan fingerprint density at radius 3 is 2.06 bits per heavy atom. The number of likely N-dealkylation sites (N-methyl/N-ethyl adjacent to an activating group) is 1. The monoisotopic (exact) mass is 431 g/mol. The fraction of sp³-hybridized carbons (Fsp3) is 0.542. The highest BCUT2D eigenvalue weighted by molar-refractivity contribution is 5.91. The number of rotatable bonds is 10. The zero-order chi connectivity index (χ0) is 23.8. The Hall–Kier alpha value is -2.67. The second-order valence-electron chi connectivity index (χ2n) is 9.27. The van der Waals surface area contributed by atoms with Crippen LogP contribution in [-0.4, -0.2) is 48.1 Å². The van der Waals surface area contributed by atoms with Crippen molar-refractivity contribution < 1.29 is 19.5 Å². The van der Waals surface area contributed by atoms with Crippen LogP contribution in [0.4, 0.5) is 0 Å². The maximum absolute atomic E-state index is 13.1. The summed E-state index contributed by atoms with van der Waals surface area (Å²) in [6, 6.07) is 7.93. The van der Waals surface area contributed by atoms with E-state index in [1.807, 2.05) is 65.0 Å². The summed E-state index contributed by atoms with van der Waals surface area (Å²) in [6.45, 7) is 10.9. The molecule has 0 aliphatic heterocycles. The number of hydrogen-bond acceptors (Lipinski definition) is 4. The minimum absolute atomic E-state index is 0.0160. The van der Waals surface area contributed by atoms with Crippen molar-refractivity contribution in [3.8, 4) is 0 Å². The van der Waals surface area contributed by atoms with Crippen LogP contribution in [0.3, 0.4) is 0 Å². The molecule has 7 heteroatoms. The van der Waals surface area contributed by atoms with Gasteiger partial charge >= 0.3 is 5.97 Å². The van der Waals surface area contributed by atoms with E-state index in [2.05, 4.69) is 16.0 Å². The first-order valence-electron chi connectivity index (χ1n) is 10.6. The fourth-order valence-electron chi connectivity index (χ4n) is 3.08. The Kier molecular flexibility index (Phi) is 9.91. The molecule has 1 aromatic rings. The number of benzene rings is 1. The molecular formula is C24H37N3O4. The van der Waals surface area contributed by atoms with Gasteiger partial charge in [-0.15, -0.1) is 0 Å². The Morgan fingerprint density at radius 2 is 1.61 bits per heavy atom. The second kappa shape index (κ2) is 11.6. The lowest BCUT2D eigenvalue weighted by Crippen LogP contribution is -2.59. The highest BCUT2D eigenvalue weighted by atomic mass is 16.4. The molecule has 0 bridgehead atoms. The van der Waals surface area contributed by atoms with Gasteiger partial charge < -0.3 is 21.1 Å². The van der Waals surface area contributed by atoms with Gasteiger partial charge in [0.15, 0.2) is 0 Å². The summed E-state index contributed by atoms with van der Waals surface area (Å²) in [4.78, 5) is 37.3. The van der Waals surface area contributed by atoms with Gasteiger partial charge in [0.05, 0.1) is 12.1 Å². The minimum atomic E-state index is -1.03. The van der Waals surface area contributed by atoms with E-state index in [-0.39, 0.29) is 23.3 Å². The standard InChI is InChI=1S/C24H37N3O4/c1-15(2)18(13-16(3)23(30)31)26-22(29)20(24(4,5)6)27-21(28)19(25-7)14-17-11-9-8-10-12-17/h8-13,15,18-20,25H,14H2,1-7H3,(H,26,29)(H,27,28)(H,30,31)/t18-,19+,20-/m1/s1. The van der Waals surface area contributed by atoms with E-state index in [0.717, 1.165) is 5.56 Å². The normalized spacial score (nSPS) is 15.2. The maximum Gasteiger partial charge on any atom is 0.331 e. The van der Waals surface area contributed by atoms with Crippen LogP contribution in [0.1, 0.15) is 47.1 Å². The van der Waals surface area contributed by atoms with Gasteiger partial charge in [-0.05, 0) is 37.3 Å². The highest BCUT2D eigenvalue weighted by Crippen LogP contribution is 2.21. The SMILES string of the molecule is CN[C@@H](Cc1ccccc1)C(=O)N[C@H](C(=O)N[C@H](C=C(C)C(=O)O)C(C)C)C(C)(C)C. The second-order valence-corrected chi connectivity index (χ2v) is 9.27.